The molecule has 0 N–H and O–H groups in total. The third-order valence-electron chi connectivity index (χ3n) is 2.98. The maximum absolute atomic E-state index is 10.4. The van der Waals surface area contributed by atoms with E-state index < -0.39 is 0 Å². The lowest BCUT2D eigenvalue weighted by atomic mass is 10.0. The lowest BCUT2D eigenvalue weighted by Gasteiger charge is -2.09. The van der Waals surface area contributed by atoms with E-state index >= 15 is 0 Å². The normalized spacial score (nSPS) is 10.8. The van der Waals surface area contributed by atoms with Gasteiger partial charge in [-0.3, -0.25) is 0 Å². The van der Waals surface area contributed by atoms with E-state index in [0.717, 1.165) is 51.4 Å². The molecule has 0 amide bonds. The van der Waals surface area contributed by atoms with Crippen LogP contribution in [-0.2, 0) is 14.4 Å². The Morgan fingerprint density at radius 3 is 1.55 bits per heavy atom. The standard InChI is InChI=1S/C14H21N3O3/c18-11-15-9-5-1-3-7-14(17-13-20)8-4-2-6-10-16-12-19/h14H,1-10H2. The highest BCUT2D eigenvalue weighted by atomic mass is 16.1. The fourth-order valence-corrected chi connectivity index (χ4v) is 1.93. The summed E-state index contributed by atoms with van der Waals surface area (Å²) in [6.45, 7) is 1.03. The summed E-state index contributed by atoms with van der Waals surface area (Å²) in [7, 11) is 0. The van der Waals surface area contributed by atoms with E-state index in [1.165, 1.54) is 12.2 Å². The van der Waals surface area contributed by atoms with Gasteiger partial charge in [-0.25, -0.2) is 29.4 Å². The van der Waals surface area contributed by atoms with Crippen molar-refractivity contribution < 1.29 is 14.4 Å². The van der Waals surface area contributed by atoms with E-state index in [1.807, 2.05) is 0 Å². The highest BCUT2D eigenvalue weighted by molar-refractivity contribution is 5.33. The number of nitrogens with zero attached hydrogens (tertiary/aromatic N) is 3. The van der Waals surface area contributed by atoms with Gasteiger partial charge in [0.05, 0.1) is 19.1 Å². The van der Waals surface area contributed by atoms with Gasteiger partial charge >= 0.3 is 0 Å². The molecule has 0 aliphatic carbocycles. The number of hydrogen-bond donors (Lipinski definition) is 0. The highest BCUT2D eigenvalue weighted by Gasteiger charge is 2.06. The molecule has 6 heteroatoms. The number of hydrogen-bond acceptors (Lipinski definition) is 6. The number of rotatable bonds is 13. The van der Waals surface area contributed by atoms with Gasteiger partial charge in [-0.2, -0.15) is 0 Å². The monoisotopic (exact) mass is 279 g/mol. The van der Waals surface area contributed by atoms with Crippen LogP contribution in [0.1, 0.15) is 51.4 Å². The molecule has 0 aromatic carbocycles. The van der Waals surface area contributed by atoms with Crippen LogP contribution in [0.3, 0.4) is 0 Å². The van der Waals surface area contributed by atoms with Gasteiger partial charge in [-0.15, -0.1) is 0 Å². The summed E-state index contributed by atoms with van der Waals surface area (Å²) in [5.41, 5.74) is 0. The molecule has 20 heavy (non-hydrogen) atoms. The zero-order valence-corrected chi connectivity index (χ0v) is 11.7. The molecule has 0 aliphatic rings. The second kappa shape index (κ2) is 15.2. The lowest BCUT2D eigenvalue weighted by Crippen LogP contribution is -2.04. The van der Waals surface area contributed by atoms with Gasteiger partial charge in [-0.1, -0.05) is 25.7 Å². The van der Waals surface area contributed by atoms with Crippen LogP contribution in [0.2, 0.25) is 0 Å². The number of carbonyl (C=O) groups excluding carboxylic acids is 3. The molecule has 0 aliphatic heterocycles. The van der Waals surface area contributed by atoms with Crippen LogP contribution in [-0.4, -0.2) is 37.4 Å². The first-order chi connectivity index (χ1) is 9.85. The van der Waals surface area contributed by atoms with Gasteiger partial charge in [0, 0.05) is 0 Å². The molecule has 0 spiro atoms. The van der Waals surface area contributed by atoms with Crippen molar-refractivity contribution >= 4 is 18.2 Å². The molecule has 0 saturated heterocycles. The van der Waals surface area contributed by atoms with Crippen LogP contribution in [0.5, 0.6) is 0 Å². The SMILES string of the molecule is O=C=NCCCCCC(CCCCCN=C=O)N=C=O. The average Bonchev–Trinajstić information content (AvgIpc) is 2.46. The van der Waals surface area contributed by atoms with Crippen molar-refractivity contribution in [3.8, 4) is 0 Å². The van der Waals surface area contributed by atoms with E-state index in [1.54, 1.807) is 6.08 Å². The fraction of sp³-hybridized carbons (Fsp3) is 0.786. The second-order valence-electron chi connectivity index (χ2n) is 4.52. The quantitative estimate of drug-likeness (QED) is 0.295. The molecule has 0 unspecified atom stereocenters. The first-order valence-electron chi connectivity index (χ1n) is 6.99. The Labute approximate surface area is 119 Å². The smallest absolute Gasteiger partial charge is 0.211 e. The van der Waals surface area contributed by atoms with Crippen molar-refractivity contribution in [2.24, 2.45) is 15.0 Å². The summed E-state index contributed by atoms with van der Waals surface area (Å²) < 4.78 is 0. The number of unbranched alkanes of at least 4 members (excludes halogenated alkanes) is 4. The molecular weight excluding hydrogens is 258 g/mol. The summed E-state index contributed by atoms with van der Waals surface area (Å²) in [5.74, 6) is 0. The first-order valence-corrected chi connectivity index (χ1v) is 6.99. The molecule has 0 radical (unpaired) electrons. The van der Waals surface area contributed by atoms with E-state index in [9.17, 15) is 14.4 Å². The topological polar surface area (TPSA) is 88.3 Å². The van der Waals surface area contributed by atoms with Crippen LogP contribution < -0.4 is 0 Å². The van der Waals surface area contributed by atoms with Crippen molar-refractivity contribution in [3.05, 3.63) is 0 Å². The predicted molar refractivity (Wildman–Crippen MR) is 74.8 cm³/mol. The second-order valence-corrected chi connectivity index (χ2v) is 4.52. The molecule has 0 atom stereocenters. The Bertz CT molecular complexity index is 351. The number of aliphatic imine (C=N–C) groups is 3. The molecule has 0 aromatic heterocycles. The summed E-state index contributed by atoms with van der Waals surface area (Å²) in [4.78, 5) is 40.9. The molecule has 0 aromatic rings. The van der Waals surface area contributed by atoms with E-state index in [2.05, 4.69) is 15.0 Å². The Morgan fingerprint density at radius 1 is 0.650 bits per heavy atom. The molecule has 6 nitrogen and oxygen atoms in total. The maximum Gasteiger partial charge on any atom is 0.235 e. The first kappa shape index (κ1) is 18.1. The lowest BCUT2D eigenvalue weighted by molar-refractivity contribution is 0.490. The van der Waals surface area contributed by atoms with Gasteiger partial charge in [0.15, 0.2) is 0 Å². The Morgan fingerprint density at radius 2 is 1.15 bits per heavy atom. The third kappa shape index (κ3) is 12.6. The van der Waals surface area contributed by atoms with E-state index in [-0.39, 0.29) is 6.04 Å². The third-order valence-corrected chi connectivity index (χ3v) is 2.98. The Hall–Kier alpha value is -1.86. The minimum atomic E-state index is 0.0247. The van der Waals surface area contributed by atoms with Crippen molar-refractivity contribution in [2.45, 2.75) is 57.4 Å². The Balaban J connectivity index is 3.67. The van der Waals surface area contributed by atoms with Crippen molar-refractivity contribution in [1.29, 1.82) is 0 Å². The highest BCUT2D eigenvalue weighted by Crippen LogP contribution is 2.13. The minimum Gasteiger partial charge on any atom is -0.211 e. The van der Waals surface area contributed by atoms with Crippen LogP contribution in [0.15, 0.2) is 15.0 Å². The minimum absolute atomic E-state index is 0.0247. The maximum atomic E-state index is 10.4. The zero-order valence-electron chi connectivity index (χ0n) is 11.7. The molecular formula is C14H21N3O3. The van der Waals surface area contributed by atoms with Crippen LogP contribution in [0.4, 0.5) is 0 Å². The van der Waals surface area contributed by atoms with Gasteiger partial charge < -0.3 is 0 Å². The zero-order chi connectivity index (χ0) is 14.9. The molecule has 110 valence electrons. The fourth-order valence-electron chi connectivity index (χ4n) is 1.93. The summed E-state index contributed by atoms with van der Waals surface area (Å²) >= 11 is 0. The van der Waals surface area contributed by atoms with E-state index in [0.29, 0.717) is 13.1 Å². The van der Waals surface area contributed by atoms with Crippen LogP contribution in [0, 0.1) is 0 Å². The van der Waals surface area contributed by atoms with Gasteiger partial charge in [0.25, 0.3) is 0 Å². The van der Waals surface area contributed by atoms with Crippen LogP contribution in [0.25, 0.3) is 0 Å². The van der Waals surface area contributed by atoms with Crippen LogP contribution >= 0.6 is 0 Å². The molecule has 0 bridgehead atoms. The van der Waals surface area contributed by atoms with E-state index in [4.69, 9.17) is 0 Å². The summed E-state index contributed by atoms with van der Waals surface area (Å²) in [5, 5.41) is 0. The number of isocyanates is 3. The van der Waals surface area contributed by atoms with Crippen molar-refractivity contribution in [2.75, 3.05) is 13.1 Å². The Kier molecular flexibility index (Phi) is 13.8. The van der Waals surface area contributed by atoms with Crippen molar-refractivity contribution in [1.82, 2.24) is 0 Å². The summed E-state index contributed by atoms with van der Waals surface area (Å²) in [6.07, 6.45) is 11.9. The van der Waals surface area contributed by atoms with Gasteiger partial charge in [0.2, 0.25) is 18.2 Å². The molecule has 0 saturated carbocycles. The van der Waals surface area contributed by atoms with Gasteiger partial charge in [0.1, 0.15) is 0 Å². The molecule has 0 fully saturated rings. The average molecular weight is 279 g/mol. The molecule has 0 rings (SSSR count). The largest absolute Gasteiger partial charge is 0.235 e. The predicted octanol–water partition coefficient (Wildman–Crippen LogP) is 2.48. The van der Waals surface area contributed by atoms with Crippen molar-refractivity contribution in [3.63, 3.8) is 0 Å². The summed E-state index contributed by atoms with van der Waals surface area (Å²) in [6, 6.07) is 0.0247. The molecule has 0 heterocycles. The van der Waals surface area contributed by atoms with Gasteiger partial charge in [-0.05, 0) is 25.7 Å².